The third-order valence-corrected chi connectivity index (χ3v) is 4.09. The fourth-order valence-corrected chi connectivity index (χ4v) is 2.62. The molecule has 0 amide bonds. The standard InChI is InChI=1S/C20H24N4O2/c1-15(2)24(13-18-5-4-10-21-11-18)12-17-6-8-19(9-7-17)25-14-20-22-16(3)26-23-20/h4-11,15H,12-14H2,1-3H3. The normalized spacial score (nSPS) is 11.3. The van der Waals surface area contributed by atoms with Gasteiger partial charge in [0, 0.05) is 38.4 Å². The Morgan fingerprint density at radius 2 is 1.85 bits per heavy atom. The van der Waals surface area contributed by atoms with Crippen molar-refractivity contribution in [3.8, 4) is 5.75 Å². The Balaban J connectivity index is 1.57. The molecule has 0 unspecified atom stereocenters. The molecule has 0 bridgehead atoms. The van der Waals surface area contributed by atoms with Crippen LogP contribution in [0.25, 0.3) is 0 Å². The van der Waals surface area contributed by atoms with Crippen LogP contribution in [0.3, 0.4) is 0 Å². The van der Waals surface area contributed by atoms with Crippen LogP contribution < -0.4 is 4.74 Å². The van der Waals surface area contributed by atoms with E-state index in [2.05, 4.69) is 52.1 Å². The Labute approximate surface area is 153 Å². The van der Waals surface area contributed by atoms with Crippen LogP contribution in [0.2, 0.25) is 0 Å². The molecule has 0 aliphatic heterocycles. The monoisotopic (exact) mass is 352 g/mol. The van der Waals surface area contributed by atoms with Gasteiger partial charge in [0.25, 0.3) is 0 Å². The van der Waals surface area contributed by atoms with E-state index in [0.29, 0.717) is 24.4 Å². The van der Waals surface area contributed by atoms with Crippen LogP contribution >= 0.6 is 0 Å². The van der Waals surface area contributed by atoms with Gasteiger partial charge in [-0.2, -0.15) is 4.98 Å². The summed E-state index contributed by atoms with van der Waals surface area (Å²) < 4.78 is 10.6. The van der Waals surface area contributed by atoms with Crippen LogP contribution in [0.15, 0.2) is 53.3 Å². The fraction of sp³-hybridized carbons (Fsp3) is 0.350. The third-order valence-electron chi connectivity index (χ3n) is 4.09. The quantitative estimate of drug-likeness (QED) is 0.615. The lowest BCUT2D eigenvalue weighted by Crippen LogP contribution is -2.29. The Kier molecular flexibility index (Phi) is 5.96. The summed E-state index contributed by atoms with van der Waals surface area (Å²) in [4.78, 5) is 10.7. The van der Waals surface area contributed by atoms with Gasteiger partial charge in [-0.25, -0.2) is 0 Å². The minimum absolute atomic E-state index is 0.301. The van der Waals surface area contributed by atoms with Gasteiger partial charge >= 0.3 is 0 Å². The van der Waals surface area contributed by atoms with Crippen LogP contribution in [-0.2, 0) is 19.7 Å². The molecule has 0 spiro atoms. The number of ether oxygens (including phenoxy) is 1. The van der Waals surface area contributed by atoms with Crippen LogP contribution in [0.5, 0.6) is 5.75 Å². The van der Waals surface area contributed by atoms with E-state index >= 15 is 0 Å². The number of benzene rings is 1. The highest BCUT2D eigenvalue weighted by molar-refractivity contribution is 5.27. The molecule has 1 aromatic carbocycles. The van der Waals surface area contributed by atoms with Gasteiger partial charge in [0.2, 0.25) is 11.7 Å². The summed E-state index contributed by atoms with van der Waals surface area (Å²) in [5.41, 5.74) is 2.46. The summed E-state index contributed by atoms with van der Waals surface area (Å²) in [6.45, 7) is 8.23. The van der Waals surface area contributed by atoms with E-state index in [-0.39, 0.29) is 0 Å². The second-order valence-electron chi connectivity index (χ2n) is 6.52. The number of nitrogens with zero attached hydrogens (tertiary/aromatic N) is 4. The highest BCUT2D eigenvalue weighted by Gasteiger charge is 2.11. The van der Waals surface area contributed by atoms with E-state index in [4.69, 9.17) is 9.26 Å². The largest absolute Gasteiger partial charge is 0.485 e. The molecule has 6 heteroatoms. The first kappa shape index (κ1) is 18.1. The minimum Gasteiger partial charge on any atom is -0.485 e. The molecule has 3 aromatic rings. The van der Waals surface area contributed by atoms with Crippen molar-refractivity contribution in [2.45, 2.75) is 46.5 Å². The van der Waals surface area contributed by atoms with Gasteiger partial charge in [-0.15, -0.1) is 0 Å². The van der Waals surface area contributed by atoms with Crippen molar-refractivity contribution in [1.82, 2.24) is 20.0 Å². The lowest BCUT2D eigenvalue weighted by Gasteiger charge is -2.26. The summed E-state index contributed by atoms with van der Waals surface area (Å²) in [5, 5.41) is 3.82. The number of aromatic nitrogens is 3. The van der Waals surface area contributed by atoms with Crippen molar-refractivity contribution in [2.75, 3.05) is 0 Å². The molecule has 0 N–H and O–H groups in total. The van der Waals surface area contributed by atoms with Gasteiger partial charge in [0.05, 0.1) is 0 Å². The van der Waals surface area contributed by atoms with Gasteiger partial charge in [0.15, 0.2) is 6.61 Å². The Morgan fingerprint density at radius 1 is 1.08 bits per heavy atom. The molecule has 0 aliphatic carbocycles. The van der Waals surface area contributed by atoms with Crippen molar-refractivity contribution in [3.63, 3.8) is 0 Å². The fourth-order valence-electron chi connectivity index (χ4n) is 2.62. The molecule has 6 nitrogen and oxygen atoms in total. The first-order chi connectivity index (χ1) is 12.6. The smallest absolute Gasteiger partial charge is 0.223 e. The zero-order chi connectivity index (χ0) is 18.4. The van der Waals surface area contributed by atoms with Crippen molar-refractivity contribution in [3.05, 3.63) is 71.6 Å². The lowest BCUT2D eigenvalue weighted by molar-refractivity contribution is 0.203. The first-order valence-corrected chi connectivity index (χ1v) is 8.74. The second kappa shape index (κ2) is 8.58. The highest BCUT2D eigenvalue weighted by atomic mass is 16.5. The average molecular weight is 352 g/mol. The third kappa shape index (κ3) is 5.13. The van der Waals surface area contributed by atoms with Gasteiger partial charge in [0.1, 0.15) is 5.75 Å². The van der Waals surface area contributed by atoms with E-state index < -0.39 is 0 Å². The molecule has 0 fully saturated rings. The molecule has 26 heavy (non-hydrogen) atoms. The average Bonchev–Trinajstić information content (AvgIpc) is 3.07. The van der Waals surface area contributed by atoms with Gasteiger partial charge in [-0.1, -0.05) is 23.4 Å². The molecule has 2 aromatic heterocycles. The van der Waals surface area contributed by atoms with Crippen molar-refractivity contribution >= 4 is 0 Å². The van der Waals surface area contributed by atoms with Gasteiger partial charge in [-0.3, -0.25) is 9.88 Å². The maximum Gasteiger partial charge on any atom is 0.223 e. The predicted octanol–water partition coefficient (Wildman–Crippen LogP) is 3.76. The minimum atomic E-state index is 0.301. The summed E-state index contributed by atoms with van der Waals surface area (Å²) in [6, 6.07) is 12.7. The van der Waals surface area contributed by atoms with Crippen LogP contribution in [0, 0.1) is 6.92 Å². The Morgan fingerprint density at radius 3 is 2.46 bits per heavy atom. The molecule has 0 atom stereocenters. The van der Waals surface area contributed by atoms with E-state index in [9.17, 15) is 0 Å². The molecule has 0 aliphatic rings. The Hall–Kier alpha value is -2.73. The summed E-state index contributed by atoms with van der Waals surface area (Å²) in [6.07, 6.45) is 3.73. The molecule has 136 valence electrons. The number of hydrogen-bond acceptors (Lipinski definition) is 6. The molecule has 0 saturated carbocycles. The molecular formula is C20H24N4O2. The van der Waals surface area contributed by atoms with Gasteiger partial charge in [-0.05, 0) is 43.2 Å². The first-order valence-electron chi connectivity index (χ1n) is 8.74. The number of hydrogen-bond donors (Lipinski definition) is 0. The van der Waals surface area contributed by atoms with E-state index in [0.717, 1.165) is 18.8 Å². The predicted molar refractivity (Wildman–Crippen MR) is 98.4 cm³/mol. The lowest BCUT2D eigenvalue weighted by atomic mass is 10.1. The summed E-state index contributed by atoms with van der Waals surface area (Å²) in [7, 11) is 0. The SMILES string of the molecule is Cc1nc(COc2ccc(CN(Cc3cccnc3)C(C)C)cc2)no1. The van der Waals surface area contributed by atoms with Crippen molar-refractivity contribution in [1.29, 1.82) is 0 Å². The molecular weight excluding hydrogens is 328 g/mol. The van der Waals surface area contributed by atoms with Crippen molar-refractivity contribution in [2.24, 2.45) is 0 Å². The second-order valence-corrected chi connectivity index (χ2v) is 6.52. The molecule has 0 radical (unpaired) electrons. The summed E-state index contributed by atoms with van der Waals surface area (Å²) >= 11 is 0. The molecule has 2 heterocycles. The van der Waals surface area contributed by atoms with E-state index in [1.54, 1.807) is 13.1 Å². The zero-order valence-electron chi connectivity index (χ0n) is 15.4. The van der Waals surface area contributed by atoms with E-state index in [1.165, 1.54) is 11.1 Å². The topological polar surface area (TPSA) is 64.3 Å². The van der Waals surface area contributed by atoms with Gasteiger partial charge < -0.3 is 9.26 Å². The Bertz CT molecular complexity index is 800. The van der Waals surface area contributed by atoms with Crippen LogP contribution in [-0.4, -0.2) is 26.1 Å². The van der Waals surface area contributed by atoms with Crippen LogP contribution in [0.4, 0.5) is 0 Å². The molecule has 0 saturated heterocycles. The molecule has 3 rings (SSSR count). The number of aryl methyl sites for hydroxylation is 1. The number of pyridine rings is 1. The zero-order valence-corrected chi connectivity index (χ0v) is 15.4. The number of rotatable bonds is 8. The maximum atomic E-state index is 5.70. The summed E-state index contributed by atoms with van der Waals surface area (Å²) in [5.74, 6) is 1.88. The van der Waals surface area contributed by atoms with Crippen molar-refractivity contribution < 1.29 is 9.26 Å². The van der Waals surface area contributed by atoms with E-state index in [1.807, 2.05) is 24.4 Å². The maximum absolute atomic E-state index is 5.70. The van der Waals surface area contributed by atoms with Crippen LogP contribution in [0.1, 0.15) is 36.7 Å². The highest BCUT2D eigenvalue weighted by Crippen LogP contribution is 2.17.